The lowest BCUT2D eigenvalue weighted by Gasteiger charge is -2.18. The van der Waals surface area contributed by atoms with E-state index in [0.29, 0.717) is 30.7 Å². The van der Waals surface area contributed by atoms with E-state index in [9.17, 15) is 19.2 Å². The first kappa shape index (κ1) is 21.7. The van der Waals surface area contributed by atoms with Crippen molar-refractivity contribution in [2.75, 3.05) is 5.32 Å². The molecule has 0 fully saturated rings. The van der Waals surface area contributed by atoms with Crippen molar-refractivity contribution < 1.29 is 14.4 Å². The third-order valence-electron chi connectivity index (χ3n) is 4.81. The van der Waals surface area contributed by atoms with Crippen molar-refractivity contribution in [1.29, 1.82) is 0 Å². The van der Waals surface area contributed by atoms with Crippen LogP contribution in [0.1, 0.15) is 42.0 Å². The van der Waals surface area contributed by atoms with Crippen molar-refractivity contribution >= 4 is 29.7 Å². The van der Waals surface area contributed by atoms with Gasteiger partial charge in [-0.1, -0.05) is 25.1 Å². The number of rotatable bonds is 7. The summed E-state index contributed by atoms with van der Waals surface area (Å²) < 4.78 is 1.31. The maximum atomic E-state index is 13.0. The Morgan fingerprint density at radius 3 is 2.74 bits per heavy atom. The lowest BCUT2D eigenvalue weighted by Crippen LogP contribution is -2.42. The molecule has 0 bridgehead atoms. The van der Waals surface area contributed by atoms with E-state index < -0.39 is 29.6 Å². The number of hydrogen-bond acceptors (Lipinski definition) is 6. The van der Waals surface area contributed by atoms with Gasteiger partial charge in [-0.2, -0.15) is 5.10 Å². The van der Waals surface area contributed by atoms with Crippen LogP contribution in [-0.4, -0.2) is 39.7 Å². The molecule has 162 valence electrons. The number of hydrogen-bond donors (Lipinski definition) is 4. The Balaban J connectivity index is 1.77. The van der Waals surface area contributed by atoms with E-state index >= 15 is 0 Å². The van der Waals surface area contributed by atoms with Gasteiger partial charge in [0.1, 0.15) is 17.6 Å². The molecular formula is C20H23N7O4. The second-order valence-corrected chi connectivity index (χ2v) is 6.92. The van der Waals surface area contributed by atoms with Crippen LogP contribution in [0.2, 0.25) is 0 Å². The van der Waals surface area contributed by atoms with E-state index in [4.69, 9.17) is 5.73 Å². The van der Waals surface area contributed by atoms with Crippen LogP contribution in [0.5, 0.6) is 0 Å². The summed E-state index contributed by atoms with van der Waals surface area (Å²) in [4.78, 5) is 53.2. The quantitative estimate of drug-likeness (QED) is 0.375. The van der Waals surface area contributed by atoms with Crippen LogP contribution in [0.25, 0.3) is 0 Å². The fraction of sp³-hybridized carbons (Fsp3) is 0.300. The van der Waals surface area contributed by atoms with Crippen molar-refractivity contribution in [1.82, 2.24) is 20.3 Å². The predicted molar refractivity (Wildman–Crippen MR) is 114 cm³/mol. The van der Waals surface area contributed by atoms with E-state index in [1.165, 1.54) is 17.0 Å². The van der Waals surface area contributed by atoms with Gasteiger partial charge in [-0.3, -0.25) is 19.0 Å². The van der Waals surface area contributed by atoms with Gasteiger partial charge in [-0.25, -0.2) is 15.2 Å². The second-order valence-electron chi connectivity index (χ2n) is 6.92. The number of amides is 4. The van der Waals surface area contributed by atoms with Gasteiger partial charge in [0.2, 0.25) is 5.91 Å². The van der Waals surface area contributed by atoms with E-state index in [1.54, 1.807) is 30.3 Å². The first-order chi connectivity index (χ1) is 14.9. The van der Waals surface area contributed by atoms with E-state index in [-0.39, 0.29) is 11.6 Å². The van der Waals surface area contributed by atoms with Gasteiger partial charge < -0.3 is 16.4 Å². The monoisotopic (exact) mass is 425 g/mol. The van der Waals surface area contributed by atoms with Gasteiger partial charge in [0.05, 0.1) is 12.2 Å². The number of carbonyl (C=O) groups is 3. The van der Waals surface area contributed by atoms with Crippen LogP contribution in [0.4, 0.5) is 10.5 Å². The first-order valence-electron chi connectivity index (χ1n) is 9.76. The van der Waals surface area contributed by atoms with Gasteiger partial charge in [0.15, 0.2) is 0 Å². The SMILES string of the molecule is CC[C@@H](/C=N/NC(N)=O)NC(=O)C1CCc2ncc(NC(=O)c3ccccc3)c(=O)n21. The molecule has 11 nitrogen and oxygen atoms in total. The van der Waals surface area contributed by atoms with Crippen LogP contribution in [0, 0.1) is 0 Å². The van der Waals surface area contributed by atoms with Gasteiger partial charge in [0.25, 0.3) is 11.5 Å². The normalized spacial score (nSPS) is 15.8. The van der Waals surface area contributed by atoms with E-state index in [2.05, 4.69) is 26.1 Å². The lowest BCUT2D eigenvalue weighted by molar-refractivity contribution is -0.124. The highest BCUT2D eigenvalue weighted by Gasteiger charge is 2.32. The summed E-state index contributed by atoms with van der Waals surface area (Å²) in [5, 5.41) is 9.01. The molecule has 1 aromatic carbocycles. The molecule has 4 amide bonds. The molecule has 1 unspecified atom stereocenters. The minimum Gasteiger partial charge on any atom is -0.350 e. The molecule has 5 N–H and O–H groups in total. The fourth-order valence-electron chi connectivity index (χ4n) is 3.24. The third kappa shape index (κ3) is 5.13. The molecule has 1 aromatic heterocycles. The first-order valence-corrected chi connectivity index (χ1v) is 9.76. The van der Waals surface area contributed by atoms with E-state index in [1.807, 2.05) is 6.92 Å². The number of anilines is 1. The van der Waals surface area contributed by atoms with Gasteiger partial charge >= 0.3 is 6.03 Å². The Labute approximate surface area is 177 Å². The Hall–Kier alpha value is -4.02. The van der Waals surface area contributed by atoms with Crippen molar-refractivity contribution in [3.8, 4) is 0 Å². The highest BCUT2D eigenvalue weighted by atomic mass is 16.2. The molecule has 1 aliphatic rings. The van der Waals surface area contributed by atoms with Crippen LogP contribution in [-0.2, 0) is 11.2 Å². The Morgan fingerprint density at radius 2 is 2.06 bits per heavy atom. The van der Waals surface area contributed by atoms with Crippen LogP contribution >= 0.6 is 0 Å². The zero-order valence-electron chi connectivity index (χ0n) is 16.9. The summed E-state index contributed by atoms with van der Waals surface area (Å²) in [6.07, 6.45) is 4.03. The van der Waals surface area contributed by atoms with Crippen molar-refractivity contribution in [3.63, 3.8) is 0 Å². The Morgan fingerprint density at radius 1 is 1.32 bits per heavy atom. The molecule has 1 aliphatic heterocycles. The Bertz CT molecular complexity index is 1060. The maximum absolute atomic E-state index is 13.0. The number of urea groups is 1. The lowest BCUT2D eigenvalue weighted by atomic mass is 10.1. The zero-order valence-corrected chi connectivity index (χ0v) is 16.9. The number of aryl methyl sites for hydroxylation is 1. The number of nitrogens with two attached hydrogens (primary N) is 1. The summed E-state index contributed by atoms with van der Waals surface area (Å²) in [5.41, 5.74) is 6.92. The highest BCUT2D eigenvalue weighted by molar-refractivity contribution is 6.04. The topological polar surface area (TPSA) is 161 Å². The second kappa shape index (κ2) is 9.65. The highest BCUT2D eigenvalue weighted by Crippen LogP contribution is 2.23. The average molecular weight is 425 g/mol. The summed E-state index contributed by atoms with van der Waals surface area (Å²) in [7, 11) is 0. The average Bonchev–Trinajstić information content (AvgIpc) is 3.20. The smallest absolute Gasteiger partial charge is 0.332 e. The maximum Gasteiger partial charge on any atom is 0.332 e. The molecule has 3 rings (SSSR count). The minimum absolute atomic E-state index is 0.00318. The molecule has 0 spiro atoms. The molecule has 11 heteroatoms. The number of benzene rings is 1. The number of aromatic nitrogens is 2. The number of nitrogens with zero attached hydrogens (tertiary/aromatic N) is 3. The van der Waals surface area contributed by atoms with Gasteiger partial charge in [0, 0.05) is 18.2 Å². The van der Waals surface area contributed by atoms with Gasteiger partial charge in [-0.15, -0.1) is 0 Å². The number of carbonyl (C=O) groups excluding carboxylic acids is 3. The predicted octanol–water partition coefficient (Wildman–Crippen LogP) is 0.532. The summed E-state index contributed by atoms with van der Waals surface area (Å²) in [6.45, 7) is 1.83. The summed E-state index contributed by atoms with van der Waals surface area (Å²) in [6, 6.07) is 6.43. The molecule has 0 saturated carbocycles. The van der Waals surface area contributed by atoms with Crippen molar-refractivity contribution in [3.05, 3.63) is 58.3 Å². The van der Waals surface area contributed by atoms with Crippen molar-refractivity contribution in [2.45, 2.75) is 38.3 Å². The molecule has 0 saturated heterocycles. The molecule has 0 radical (unpaired) electrons. The standard InChI is InChI=1S/C20H23N7O4/c1-2-13(10-23-26-20(21)31)24-18(29)15-8-9-16-22-11-14(19(30)27(15)16)25-17(28)12-6-4-3-5-7-12/h3-7,10-11,13,15H,2,8-9H2,1H3,(H,24,29)(H,25,28)(H3,21,26,31)/b23-10+/t13-,15?/m0/s1. The van der Waals surface area contributed by atoms with Crippen LogP contribution in [0.15, 0.2) is 46.4 Å². The fourth-order valence-corrected chi connectivity index (χ4v) is 3.24. The third-order valence-corrected chi connectivity index (χ3v) is 4.81. The Kier molecular flexibility index (Phi) is 6.75. The molecule has 0 aliphatic carbocycles. The number of primary amides is 1. The van der Waals surface area contributed by atoms with Crippen LogP contribution < -0.4 is 27.4 Å². The number of nitrogens with one attached hydrogen (secondary N) is 3. The number of hydrazone groups is 1. The van der Waals surface area contributed by atoms with Gasteiger partial charge in [-0.05, 0) is 25.0 Å². The molecule has 31 heavy (non-hydrogen) atoms. The van der Waals surface area contributed by atoms with Crippen molar-refractivity contribution in [2.24, 2.45) is 10.8 Å². The molecule has 2 atom stereocenters. The molecular weight excluding hydrogens is 402 g/mol. The molecule has 2 heterocycles. The summed E-state index contributed by atoms with van der Waals surface area (Å²) >= 11 is 0. The zero-order chi connectivity index (χ0) is 22.4. The number of fused-ring (bicyclic) bond motifs is 1. The van der Waals surface area contributed by atoms with E-state index in [0.717, 1.165) is 0 Å². The molecule has 2 aromatic rings. The van der Waals surface area contributed by atoms with Crippen LogP contribution in [0.3, 0.4) is 0 Å². The minimum atomic E-state index is -0.815. The largest absolute Gasteiger partial charge is 0.350 e. The summed E-state index contributed by atoms with van der Waals surface area (Å²) in [5.74, 6) is -0.352.